The molecule has 2 heterocycles. The summed E-state index contributed by atoms with van der Waals surface area (Å²) in [7, 11) is 0. The summed E-state index contributed by atoms with van der Waals surface area (Å²) in [6.45, 7) is 0.437. The number of nitrogens with zero attached hydrogens (tertiary/aromatic N) is 2. The molecule has 1 aromatic carbocycles. The van der Waals surface area contributed by atoms with Gasteiger partial charge in [0.2, 0.25) is 5.82 Å². The van der Waals surface area contributed by atoms with E-state index in [4.69, 9.17) is 15.0 Å². The Morgan fingerprint density at radius 2 is 1.95 bits per heavy atom. The van der Waals surface area contributed by atoms with Crippen LogP contribution in [0.4, 0.5) is 8.78 Å². The summed E-state index contributed by atoms with van der Waals surface area (Å²) >= 11 is 0. The van der Waals surface area contributed by atoms with Crippen molar-refractivity contribution in [3.63, 3.8) is 0 Å². The molecular formula is C13H13F2N3O2. The number of nitrogens with two attached hydrogens (primary N) is 1. The van der Waals surface area contributed by atoms with Gasteiger partial charge in [0.05, 0.1) is 6.10 Å². The Hall–Kier alpha value is -1.86. The van der Waals surface area contributed by atoms with Gasteiger partial charge in [0, 0.05) is 18.2 Å². The van der Waals surface area contributed by atoms with E-state index in [0.717, 1.165) is 31.0 Å². The molecule has 5 nitrogen and oxygen atoms in total. The molecule has 2 atom stereocenters. The second kappa shape index (κ2) is 5.26. The maximum absolute atomic E-state index is 13.2. The van der Waals surface area contributed by atoms with Gasteiger partial charge in [-0.3, -0.25) is 0 Å². The lowest BCUT2D eigenvalue weighted by Gasteiger charge is -2.07. The van der Waals surface area contributed by atoms with Crippen molar-refractivity contribution < 1.29 is 18.0 Å². The van der Waals surface area contributed by atoms with E-state index < -0.39 is 11.6 Å². The molecule has 1 aliphatic rings. The summed E-state index contributed by atoms with van der Waals surface area (Å²) in [5.74, 6) is -0.933. The summed E-state index contributed by atoms with van der Waals surface area (Å²) in [4.78, 5) is 4.14. The fraction of sp³-hybridized carbons (Fsp3) is 0.385. The standard InChI is InChI=1S/C13H13F2N3O2/c14-8-3-7(4-9(15)5-8)12-17-13(20-18-12)11-2-1-10(6-16)19-11/h3-5,10-11H,1-2,6,16H2. The van der Waals surface area contributed by atoms with Crippen molar-refractivity contribution in [1.82, 2.24) is 10.1 Å². The molecule has 0 amide bonds. The van der Waals surface area contributed by atoms with Crippen molar-refractivity contribution >= 4 is 0 Å². The third-order valence-corrected chi connectivity index (χ3v) is 3.21. The minimum Gasteiger partial charge on any atom is -0.364 e. The van der Waals surface area contributed by atoms with Gasteiger partial charge < -0.3 is 15.0 Å². The van der Waals surface area contributed by atoms with Crippen LogP contribution < -0.4 is 5.73 Å². The minimum absolute atomic E-state index is 0.0121. The van der Waals surface area contributed by atoms with E-state index >= 15 is 0 Å². The molecule has 0 spiro atoms. The molecule has 0 saturated carbocycles. The van der Waals surface area contributed by atoms with E-state index in [1.807, 2.05) is 0 Å². The van der Waals surface area contributed by atoms with Crippen LogP contribution in [0, 0.1) is 11.6 Å². The monoisotopic (exact) mass is 281 g/mol. The van der Waals surface area contributed by atoms with Crippen LogP contribution in [-0.4, -0.2) is 22.8 Å². The first-order valence-electron chi connectivity index (χ1n) is 6.31. The fourth-order valence-corrected chi connectivity index (χ4v) is 2.23. The van der Waals surface area contributed by atoms with Crippen LogP contribution in [0.3, 0.4) is 0 Å². The van der Waals surface area contributed by atoms with E-state index in [9.17, 15) is 8.78 Å². The van der Waals surface area contributed by atoms with Crippen LogP contribution in [0.15, 0.2) is 22.7 Å². The molecule has 0 bridgehead atoms. The molecule has 20 heavy (non-hydrogen) atoms. The van der Waals surface area contributed by atoms with Crippen LogP contribution in [0.1, 0.15) is 24.8 Å². The van der Waals surface area contributed by atoms with Crippen molar-refractivity contribution in [3.05, 3.63) is 35.7 Å². The Balaban J connectivity index is 1.83. The van der Waals surface area contributed by atoms with Gasteiger partial charge in [-0.15, -0.1) is 0 Å². The Kier molecular flexibility index (Phi) is 3.45. The van der Waals surface area contributed by atoms with Crippen molar-refractivity contribution in [1.29, 1.82) is 0 Å². The van der Waals surface area contributed by atoms with E-state index in [0.29, 0.717) is 12.4 Å². The maximum Gasteiger partial charge on any atom is 0.256 e. The highest BCUT2D eigenvalue weighted by Crippen LogP contribution is 2.32. The quantitative estimate of drug-likeness (QED) is 0.933. The number of benzene rings is 1. The van der Waals surface area contributed by atoms with Gasteiger partial charge in [-0.1, -0.05) is 5.16 Å². The molecule has 0 radical (unpaired) electrons. The summed E-state index contributed by atoms with van der Waals surface area (Å²) in [6, 6.07) is 3.09. The van der Waals surface area contributed by atoms with Gasteiger partial charge in [0.25, 0.3) is 5.89 Å². The zero-order valence-electron chi connectivity index (χ0n) is 10.6. The predicted octanol–water partition coefficient (Wildman–Crippen LogP) is 2.19. The molecule has 1 fully saturated rings. The van der Waals surface area contributed by atoms with Gasteiger partial charge in [-0.25, -0.2) is 8.78 Å². The summed E-state index contributed by atoms with van der Waals surface area (Å²) in [5.41, 5.74) is 5.76. The van der Waals surface area contributed by atoms with Crippen LogP contribution in [0.5, 0.6) is 0 Å². The average molecular weight is 281 g/mol. The van der Waals surface area contributed by atoms with Crippen molar-refractivity contribution in [2.45, 2.75) is 25.0 Å². The second-order valence-corrected chi connectivity index (χ2v) is 4.67. The van der Waals surface area contributed by atoms with Gasteiger partial charge >= 0.3 is 0 Å². The molecule has 1 aliphatic heterocycles. The Morgan fingerprint density at radius 3 is 2.60 bits per heavy atom. The summed E-state index contributed by atoms with van der Waals surface area (Å²) in [6.07, 6.45) is 1.25. The highest BCUT2D eigenvalue weighted by molar-refractivity contribution is 5.54. The van der Waals surface area contributed by atoms with Gasteiger partial charge in [-0.2, -0.15) is 4.98 Å². The van der Waals surface area contributed by atoms with Gasteiger partial charge in [0.1, 0.15) is 17.7 Å². The summed E-state index contributed by atoms with van der Waals surface area (Å²) in [5, 5.41) is 3.73. The second-order valence-electron chi connectivity index (χ2n) is 4.67. The van der Waals surface area contributed by atoms with Crippen molar-refractivity contribution in [2.75, 3.05) is 6.54 Å². The van der Waals surface area contributed by atoms with E-state index in [1.165, 1.54) is 0 Å². The third-order valence-electron chi connectivity index (χ3n) is 3.21. The third kappa shape index (κ3) is 2.54. The SMILES string of the molecule is NCC1CCC(c2nc(-c3cc(F)cc(F)c3)no2)O1. The number of aromatic nitrogens is 2. The van der Waals surface area contributed by atoms with Crippen LogP contribution in [-0.2, 0) is 4.74 Å². The van der Waals surface area contributed by atoms with Crippen molar-refractivity contribution in [3.8, 4) is 11.4 Å². The zero-order chi connectivity index (χ0) is 14.1. The topological polar surface area (TPSA) is 74.2 Å². The molecule has 2 N–H and O–H groups in total. The minimum atomic E-state index is -0.688. The largest absolute Gasteiger partial charge is 0.364 e. The molecule has 7 heteroatoms. The lowest BCUT2D eigenvalue weighted by molar-refractivity contribution is 0.0307. The number of ether oxygens (including phenoxy) is 1. The molecule has 2 aromatic rings. The van der Waals surface area contributed by atoms with E-state index in [-0.39, 0.29) is 23.6 Å². The van der Waals surface area contributed by atoms with Gasteiger partial charge in [-0.05, 0) is 25.0 Å². The van der Waals surface area contributed by atoms with Crippen LogP contribution in [0.2, 0.25) is 0 Å². The molecule has 106 valence electrons. The zero-order valence-corrected chi connectivity index (χ0v) is 10.6. The van der Waals surface area contributed by atoms with Gasteiger partial charge in [0.15, 0.2) is 0 Å². The van der Waals surface area contributed by atoms with E-state index in [2.05, 4.69) is 10.1 Å². The normalized spacial score (nSPS) is 22.4. The highest BCUT2D eigenvalue weighted by Gasteiger charge is 2.30. The first-order chi connectivity index (χ1) is 9.65. The van der Waals surface area contributed by atoms with Crippen LogP contribution in [0.25, 0.3) is 11.4 Å². The smallest absolute Gasteiger partial charge is 0.256 e. The molecule has 1 aromatic heterocycles. The molecule has 1 saturated heterocycles. The molecule has 3 rings (SSSR count). The van der Waals surface area contributed by atoms with Crippen molar-refractivity contribution in [2.24, 2.45) is 5.73 Å². The van der Waals surface area contributed by atoms with Crippen LogP contribution >= 0.6 is 0 Å². The Bertz CT molecular complexity index is 597. The number of rotatable bonds is 3. The Labute approximate surface area is 113 Å². The van der Waals surface area contributed by atoms with E-state index in [1.54, 1.807) is 0 Å². The predicted molar refractivity (Wildman–Crippen MR) is 65.6 cm³/mol. The molecule has 0 aliphatic carbocycles. The first-order valence-corrected chi connectivity index (χ1v) is 6.31. The molecule has 2 unspecified atom stereocenters. The lowest BCUT2D eigenvalue weighted by atomic mass is 10.2. The average Bonchev–Trinajstić information content (AvgIpc) is 3.06. The number of hydrogen-bond donors (Lipinski definition) is 1. The fourth-order valence-electron chi connectivity index (χ4n) is 2.23. The lowest BCUT2D eigenvalue weighted by Crippen LogP contribution is -2.18. The highest BCUT2D eigenvalue weighted by atomic mass is 19.1. The number of halogens is 2. The molecular weight excluding hydrogens is 268 g/mol. The first kappa shape index (κ1) is 13.1. The maximum atomic E-state index is 13.2. The number of hydrogen-bond acceptors (Lipinski definition) is 5. The Morgan fingerprint density at radius 1 is 1.20 bits per heavy atom. The summed E-state index contributed by atoms with van der Waals surface area (Å²) < 4.78 is 37.0.